The minimum absolute atomic E-state index is 0.0270. The first-order valence-electron chi connectivity index (χ1n) is 6.01. The summed E-state index contributed by atoms with van der Waals surface area (Å²) in [6.45, 7) is 0. The zero-order chi connectivity index (χ0) is 13.5. The van der Waals surface area contributed by atoms with Crippen molar-refractivity contribution in [2.75, 3.05) is 7.11 Å². The highest BCUT2D eigenvalue weighted by molar-refractivity contribution is 6.00. The van der Waals surface area contributed by atoms with Gasteiger partial charge in [0.1, 0.15) is 5.75 Å². The van der Waals surface area contributed by atoms with Crippen LogP contribution in [0.5, 0.6) is 5.75 Å². The first-order valence-corrected chi connectivity index (χ1v) is 6.01. The number of ether oxygens (including phenoxy) is 1. The molecule has 0 unspecified atom stereocenters. The van der Waals surface area contributed by atoms with Crippen LogP contribution in [0, 0.1) is 11.8 Å². The van der Waals surface area contributed by atoms with Crippen molar-refractivity contribution in [1.82, 2.24) is 0 Å². The predicted octanol–water partition coefficient (Wildman–Crippen LogP) is 3.32. The van der Waals surface area contributed by atoms with Crippen molar-refractivity contribution >= 4 is 5.78 Å². The number of carbonyl (C=O) groups is 1. The number of hydrogen-bond acceptors (Lipinski definition) is 2. The summed E-state index contributed by atoms with van der Waals surface area (Å²) < 4.78 is 5.16. The van der Waals surface area contributed by atoms with Gasteiger partial charge in [-0.1, -0.05) is 42.2 Å². The van der Waals surface area contributed by atoms with Gasteiger partial charge in [0.2, 0.25) is 0 Å². The van der Waals surface area contributed by atoms with Crippen molar-refractivity contribution in [2.45, 2.75) is 6.42 Å². The van der Waals surface area contributed by atoms with E-state index in [0.717, 1.165) is 5.56 Å². The average Bonchev–Trinajstić information content (AvgIpc) is 2.48. The lowest BCUT2D eigenvalue weighted by Gasteiger charge is -2.04. The molecule has 2 aromatic carbocycles. The molecule has 2 rings (SSSR count). The second-order valence-electron chi connectivity index (χ2n) is 3.97. The number of carbonyl (C=O) groups excluding carboxylic acids is 1. The predicted molar refractivity (Wildman–Crippen MR) is 75.3 cm³/mol. The fourth-order valence-corrected chi connectivity index (χ4v) is 1.72. The first kappa shape index (κ1) is 12.9. The van der Waals surface area contributed by atoms with Crippen LogP contribution in [0.15, 0.2) is 54.6 Å². The SMILES string of the molecule is COc1ccccc1C(=O)CC#Cc1ccccc1. The van der Waals surface area contributed by atoms with Crippen LogP contribution in [0.2, 0.25) is 0 Å². The zero-order valence-corrected chi connectivity index (χ0v) is 10.7. The lowest BCUT2D eigenvalue weighted by atomic mass is 10.1. The van der Waals surface area contributed by atoms with Gasteiger partial charge in [0.05, 0.1) is 19.1 Å². The van der Waals surface area contributed by atoms with E-state index in [0.29, 0.717) is 11.3 Å². The Balaban J connectivity index is 2.08. The van der Waals surface area contributed by atoms with Gasteiger partial charge in [0.25, 0.3) is 0 Å². The number of rotatable bonds is 3. The Bertz CT molecular complexity index is 618. The molecule has 0 radical (unpaired) electrons. The number of methoxy groups -OCH3 is 1. The molecule has 0 atom stereocenters. The molecule has 0 aliphatic heterocycles. The number of ketones is 1. The molecule has 2 aromatic rings. The minimum Gasteiger partial charge on any atom is -0.496 e. The highest BCUT2D eigenvalue weighted by Gasteiger charge is 2.09. The van der Waals surface area contributed by atoms with Gasteiger partial charge in [-0.3, -0.25) is 4.79 Å². The fraction of sp³-hybridized carbons (Fsp3) is 0.118. The largest absolute Gasteiger partial charge is 0.496 e. The quantitative estimate of drug-likeness (QED) is 0.617. The third-order valence-electron chi connectivity index (χ3n) is 2.66. The Labute approximate surface area is 113 Å². The maximum Gasteiger partial charge on any atom is 0.178 e. The molecule has 0 aromatic heterocycles. The smallest absolute Gasteiger partial charge is 0.178 e. The van der Waals surface area contributed by atoms with E-state index in [1.54, 1.807) is 19.2 Å². The molecule has 2 heteroatoms. The van der Waals surface area contributed by atoms with E-state index < -0.39 is 0 Å². The summed E-state index contributed by atoms with van der Waals surface area (Å²) in [6.07, 6.45) is 0.190. The Kier molecular flexibility index (Phi) is 4.36. The van der Waals surface area contributed by atoms with Crippen LogP contribution in [-0.4, -0.2) is 12.9 Å². The van der Waals surface area contributed by atoms with Gasteiger partial charge in [0, 0.05) is 5.56 Å². The van der Waals surface area contributed by atoms with E-state index in [9.17, 15) is 4.79 Å². The highest BCUT2D eigenvalue weighted by Crippen LogP contribution is 2.18. The Hall–Kier alpha value is -2.53. The molecule has 0 saturated heterocycles. The van der Waals surface area contributed by atoms with Crippen LogP contribution in [-0.2, 0) is 0 Å². The van der Waals surface area contributed by atoms with E-state index in [1.807, 2.05) is 42.5 Å². The molecule has 19 heavy (non-hydrogen) atoms. The van der Waals surface area contributed by atoms with Gasteiger partial charge in [-0.05, 0) is 24.3 Å². The van der Waals surface area contributed by atoms with Crippen LogP contribution in [0.25, 0.3) is 0 Å². The molecule has 0 heterocycles. The second kappa shape index (κ2) is 6.42. The van der Waals surface area contributed by atoms with Gasteiger partial charge >= 0.3 is 0 Å². The van der Waals surface area contributed by atoms with Gasteiger partial charge in [-0.2, -0.15) is 0 Å². The number of benzene rings is 2. The summed E-state index contributed by atoms with van der Waals surface area (Å²) in [5, 5.41) is 0. The Morgan fingerprint density at radius 1 is 1.05 bits per heavy atom. The molecular formula is C17H14O2. The van der Waals surface area contributed by atoms with E-state index >= 15 is 0 Å². The first-order chi connectivity index (χ1) is 9.31. The maximum atomic E-state index is 12.0. The summed E-state index contributed by atoms with van der Waals surface area (Å²) in [7, 11) is 1.56. The van der Waals surface area contributed by atoms with Crippen LogP contribution >= 0.6 is 0 Å². The molecule has 0 saturated carbocycles. The van der Waals surface area contributed by atoms with Crippen LogP contribution < -0.4 is 4.74 Å². The number of Topliss-reactive ketones (excluding diaryl/α,β-unsaturated/α-hetero) is 1. The summed E-state index contributed by atoms with van der Waals surface area (Å²) in [4.78, 5) is 12.0. The van der Waals surface area contributed by atoms with Crippen molar-refractivity contribution in [3.63, 3.8) is 0 Å². The maximum absolute atomic E-state index is 12.0. The molecule has 0 aliphatic rings. The summed E-state index contributed by atoms with van der Waals surface area (Å²) in [6, 6.07) is 16.8. The molecule has 0 fully saturated rings. The Morgan fingerprint density at radius 3 is 2.47 bits per heavy atom. The van der Waals surface area contributed by atoms with E-state index in [1.165, 1.54) is 0 Å². The van der Waals surface area contributed by atoms with E-state index in [2.05, 4.69) is 11.8 Å². The topological polar surface area (TPSA) is 26.3 Å². The second-order valence-corrected chi connectivity index (χ2v) is 3.97. The van der Waals surface area contributed by atoms with Crippen molar-refractivity contribution in [3.05, 3.63) is 65.7 Å². The van der Waals surface area contributed by atoms with Crippen molar-refractivity contribution in [1.29, 1.82) is 0 Å². The molecule has 0 bridgehead atoms. The molecule has 0 spiro atoms. The lowest BCUT2D eigenvalue weighted by Crippen LogP contribution is -2.00. The van der Waals surface area contributed by atoms with E-state index in [-0.39, 0.29) is 12.2 Å². The third-order valence-corrected chi connectivity index (χ3v) is 2.66. The van der Waals surface area contributed by atoms with Crippen molar-refractivity contribution < 1.29 is 9.53 Å². The molecule has 0 amide bonds. The molecule has 0 N–H and O–H groups in total. The monoisotopic (exact) mass is 250 g/mol. The van der Waals surface area contributed by atoms with Gasteiger partial charge in [-0.25, -0.2) is 0 Å². The van der Waals surface area contributed by atoms with Gasteiger partial charge in [0.15, 0.2) is 5.78 Å². The summed E-state index contributed by atoms with van der Waals surface area (Å²) >= 11 is 0. The van der Waals surface area contributed by atoms with Gasteiger partial charge in [-0.15, -0.1) is 0 Å². The zero-order valence-electron chi connectivity index (χ0n) is 10.7. The Morgan fingerprint density at radius 2 is 1.74 bits per heavy atom. The summed E-state index contributed by atoms with van der Waals surface area (Å²) in [5.74, 6) is 6.43. The average molecular weight is 250 g/mol. The summed E-state index contributed by atoms with van der Waals surface area (Å²) in [5.41, 5.74) is 1.49. The molecule has 2 nitrogen and oxygen atoms in total. The number of para-hydroxylation sites is 1. The standard InChI is InChI=1S/C17H14O2/c1-19-17-13-6-5-11-15(17)16(18)12-7-10-14-8-3-2-4-9-14/h2-6,8-9,11,13H,12H2,1H3. The van der Waals surface area contributed by atoms with Crippen LogP contribution in [0.3, 0.4) is 0 Å². The highest BCUT2D eigenvalue weighted by atomic mass is 16.5. The fourth-order valence-electron chi connectivity index (χ4n) is 1.72. The normalized spacial score (nSPS) is 9.32. The van der Waals surface area contributed by atoms with Crippen LogP contribution in [0.1, 0.15) is 22.3 Å². The van der Waals surface area contributed by atoms with Crippen LogP contribution in [0.4, 0.5) is 0 Å². The number of hydrogen-bond donors (Lipinski definition) is 0. The van der Waals surface area contributed by atoms with Crippen molar-refractivity contribution in [2.24, 2.45) is 0 Å². The molecular weight excluding hydrogens is 236 g/mol. The van der Waals surface area contributed by atoms with E-state index in [4.69, 9.17) is 4.74 Å². The lowest BCUT2D eigenvalue weighted by molar-refractivity contribution is 0.0995. The third kappa shape index (κ3) is 3.46. The van der Waals surface area contributed by atoms with Gasteiger partial charge < -0.3 is 4.74 Å². The van der Waals surface area contributed by atoms with Crippen molar-refractivity contribution in [3.8, 4) is 17.6 Å². The molecule has 0 aliphatic carbocycles. The molecule has 94 valence electrons. The minimum atomic E-state index is -0.0270.